The van der Waals surface area contributed by atoms with Crippen molar-refractivity contribution in [3.63, 3.8) is 0 Å². The van der Waals surface area contributed by atoms with Gasteiger partial charge in [-0.15, -0.1) is 0 Å². The first-order chi connectivity index (χ1) is 13.9. The third kappa shape index (κ3) is 4.78. The number of carbonyl (C=O) groups excluding carboxylic acids is 2. The third-order valence-corrected chi connectivity index (χ3v) is 4.89. The molecule has 150 valence electrons. The van der Waals surface area contributed by atoms with E-state index in [-0.39, 0.29) is 4.91 Å². The molecule has 1 saturated heterocycles. The van der Waals surface area contributed by atoms with Crippen LogP contribution >= 0.6 is 11.8 Å². The Balaban J connectivity index is 1.80. The van der Waals surface area contributed by atoms with Crippen molar-refractivity contribution in [2.45, 2.75) is 20.0 Å². The molecule has 1 N–H and O–H groups in total. The molecule has 0 aromatic heterocycles. The van der Waals surface area contributed by atoms with E-state index >= 15 is 0 Å². The average Bonchev–Trinajstić information content (AvgIpc) is 2.96. The molecule has 1 aliphatic rings. The maximum absolute atomic E-state index is 12.8. The molecule has 29 heavy (non-hydrogen) atoms. The standard InChI is InChI=1S/C21H19NO6S/c1-3-27-16-9-7-15(8-10-16)22-19(23)18(29-21(22)26)12-14-5-4-6-17(11-14)28-13(2)20(24)25/h4-13H,3H2,1-2H3,(H,24,25)/b18-12+. The summed E-state index contributed by atoms with van der Waals surface area (Å²) in [6.45, 7) is 3.83. The summed E-state index contributed by atoms with van der Waals surface area (Å²) in [5.74, 6) is -0.480. The number of aliphatic carboxylic acids is 1. The quantitative estimate of drug-likeness (QED) is 0.681. The molecule has 1 fully saturated rings. The van der Waals surface area contributed by atoms with Crippen LogP contribution in [-0.4, -0.2) is 34.9 Å². The van der Waals surface area contributed by atoms with Crippen molar-refractivity contribution >= 4 is 40.6 Å². The van der Waals surface area contributed by atoms with Crippen LogP contribution in [0.3, 0.4) is 0 Å². The first-order valence-electron chi connectivity index (χ1n) is 8.89. The number of carbonyl (C=O) groups is 3. The number of thioether (sulfide) groups is 1. The minimum absolute atomic E-state index is 0.271. The summed E-state index contributed by atoms with van der Waals surface area (Å²) in [5.41, 5.74) is 1.09. The number of benzene rings is 2. The van der Waals surface area contributed by atoms with Gasteiger partial charge < -0.3 is 14.6 Å². The Morgan fingerprint density at radius 2 is 1.90 bits per heavy atom. The monoisotopic (exact) mass is 413 g/mol. The fourth-order valence-electron chi connectivity index (χ4n) is 2.63. The predicted octanol–water partition coefficient (Wildman–Crippen LogP) is 4.18. The van der Waals surface area contributed by atoms with Crippen LogP contribution < -0.4 is 14.4 Å². The highest BCUT2D eigenvalue weighted by Gasteiger charge is 2.36. The minimum Gasteiger partial charge on any atom is -0.494 e. The van der Waals surface area contributed by atoms with E-state index in [2.05, 4.69) is 0 Å². The molecule has 7 nitrogen and oxygen atoms in total. The summed E-state index contributed by atoms with van der Waals surface area (Å²) in [6, 6.07) is 13.4. The lowest BCUT2D eigenvalue weighted by atomic mass is 10.2. The molecule has 2 amide bonds. The van der Waals surface area contributed by atoms with Crippen LogP contribution in [0.2, 0.25) is 0 Å². The number of hydrogen-bond acceptors (Lipinski definition) is 6. The van der Waals surface area contributed by atoms with Gasteiger partial charge in [0.05, 0.1) is 17.2 Å². The van der Waals surface area contributed by atoms with Gasteiger partial charge in [-0.25, -0.2) is 9.69 Å². The summed E-state index contributed by atoms with van der Waals surface area (Å²) in [5, 5.41) is 8.56. The molecule has 1 atom stereocenters. The number of amides is 2. The molecule has 1 heterocycles. The topological polar surface area (TPSA) is 93.1 Å². The van der Waals surface area contributed by atoms with Gasteiger partial charge >= 0.3 is 5.97 Å². The maximum Gasteiger partial charge on any atom is 0.344 e. The van der Waals surface area contributed by atoms with Crippen molar-refractivity contribution < 1.29 is 29.0 Å². The summed E-state index contributed by atoms with van der Waals surface area (Å²) in [6.07, 6.45) is 0.578. The molecule has 8 heteroatoms. The molecule has 1 unspecified atom stereocenters. The Kier molecular flexibility index (Phi) is 6.23. The van der Waals surface area contributed by atoms with E-state index in [0.717, 1.165) is 16.7 Å². The zero-order valence-electron chi connectivity index (χ0n) is 15.8. The largest absolute Gasteiger partial charge is 0.494 e. The van der Waals surface area contributed by atoms with Crippen molar-refractivity contribution in [3.05, 3.63) is 59.0 Å². The van der Waals surface area contributed by atoms with Gasteiger partial charge in [-0.3, -0.25) is 9.59 Å². The van der Waals surface area contributed by atoms with Gasteiger partial charge in [0.1, 0.15) is 11.5 Å². The summed E-state index contributed by atoms with van der Waals surface area (Å²) in [7, 11) is 0. The van der Waals surface area contributed by atoms with Crippen LogP contribution in [-0.2, 0) is 9.59 Å². The first kappa shape index (κ1) is 20.5. The van der Waals surface area contributed by atoms with E-state index in [1.165, 1.54) is 6.92 Å². The molecule has 0 spiro atoms. The number of imide groups is 1. The number of nitrogens with zero attached hydrogens (tertiary/aromatic N) is 1. The smallest absolute Gasteiger partial charge is 0.344 e. The van der Waals surface area contributed by atoms with Crippen LogP contribution in [0.15, 0.2) is 53.4 Å². The lowest BCUT2D eigenvalue weighted by Gasteiger charge is -2.13. The van der Waals surface area contributed by atoms with Crippen LogP contribution in [0, 0.1) is 0 Å². The fraction of sp³-hybridized carbons (Fsp3) is 0.190. The lowest BCUT2D eigenvalue weighted by Crippen LogP contribution is -2.27. The zero-order chi connectivity index (χ0) is 21.0. The molecular formula is C21H19NO6S. The fourth-order valence-corrected chi connectivity index (χ4v) is 3.47. The Bertz CT molecular complexity index is 969. The summed E-state index contributed by atoms with van der Waals surface area (Å²) < 4.78 is 10.7. The van der Waals surface area contributed by atoms with E-state index < -0.39 is 23.2 Å². The van der Waals surface area contributed by atoms with E-state index in [1.54, 1.807) is 54.6 Å². The Morgan fingerprint density at radius 1 is 1.17 bits per heavy atom. The molecule has 0 saturated carbocycles. The normalized spacial score (nSPS) is 16.2. The second-order valence-electron chi connectivity index (χ2n) is 6.11. The molecule has 2 aromatic rings. The van der Waals surface area contributed by atoms with Crippen LogP contribution in [0.5, 0.6) is 11.5 Å². The molecular weight excluding hydrogens is 394 g/mol. The van der Waals surface area contributed by atoms with E-state index in [4.69, 9.17) is 14.6 Å². The van der Waals surface area contributed by atoms with Gasteiger partial charge in [0.25, 0.3) is 11.1 Å². The Morgan fingerprint density at radius 3 is 2.55 bits per heavy atom. The Labute approximate surface area is 171 Å². The van der Waals surface area contributed by atoms with Crippen molar-refractivity contribution in [1.29, 1.82) is 0 Å². The number of carboxylic acid groups (broad SMARTS) is 1. The second kappa shape index (κ2) is 8.83. The number of ether oxygens (including phenoxy) is 2. The van der Waals surface area contributed by atoms with Crippen molar-refractivity contribution in [2.75, 3.05) is 11.5 Å². The first-order valence-corrected chi connectivity index (χ1v) is 9.71. The number of carboxylic acids is 1. The van der Waals surface area contributed by atoms with Crippen LogP contribution in [0.25, 0.3) is 6.08 Å². The third-order valence-electron chi connectivity index (χ3n) is 4.02. The van der Waals surface area contributed by atoms with Gasteiger partial charge in [0.15, 0.2) is 6.10 Å². The van der Waals surface area contributed by atoms with Crippen molar-refractivity contribution in [2.24, 2.45) is 0 Å². The molecule has 0 radical (unpaired) electrons. The molecule has 1 aliphatic heterocycles. The lowest BCUT2D eigenvalue weighted by molar-refractivity contribution is -0.144. The number of rotatable bonds is 7. The molecule has 0 aliphatic carbocycles. The van der Waals surface area contributed by atoms with Crippen LogP contribution in [0.4, 0.5) is 10.5 Å². The highest BCUT2D eigenvalue weighted by molar-refractivity contribution is 8.19. The second-order valence-corrected chi connectivity index (χ2v) is 7.11. The molecule has 0 bridgehead atoms. The molecule has 3 rings (SSSR count). The number of hydrogen-bond donors (Lipinski definition) is 1. The van der Waals surface area contributed by atoms with Gasteiger partial charge in [-0.2, -0.15) is 0 Å². The van der Waals surface area contributed by atoms with Crippen molar-refractivity contribution in [3.8, 4) is 11.5 Å². The zero-order valence-corrected chi connectivity index (χ0v) is 16.6. The van der Waals surface area contributed by atoms with Gasteiger partial charge in [-0.1, -0.05) is 12.1 Å². The number of anilines is 1. The van der Waals surface area contributed by atoms with Gasteiger partial charge in [-0.05, 0) is 73.6 Å². The molecule has 2 aromatic carbocycles. The highest BCUT2D eigenvalue weighted by Crippen LogP contribution is 2.36. The summed E-state index contributed by atoms with van der Waals surface area (Å²) >= 11 is 0.843. The van der Waals surface area contributed by atoms with E-state index in [9.17, 15) is 14.4 Å². The highest BCUT2D eigenvalue weighted by atomic mass is 32.2. The minimum atomic E-state index is -1.08. The SMILES string of the molecule is CCOc1ccc(N2C(=O)S/C(=C/c3cccc(OC(C)C(=O)O)c3)C2=O)cc1. The average molecular weight is 413 g/mol. The van der Waals surface area contributed by atoms with E-state index in [0.29, 0.717) is 29.4 Å². The Hall–Kier alpha value is -3.26. The predicted molar refractivity (Wildman–Crippen MR) is 110 cm³/mol. The maximum atomic E-state index is 12.8. The van der Waals surface area contributed by atoms with Crippen molar-refractivity contribution in [1.82, 2.24) is 0 Å². The van der Waals surface area contributed by atoms with Gasteiger partial charge in [0, 0.05) is 0 Å². The van der Waals surface area contributed by atoms with Crippen LogP contribution in [0.1, 0.15) is 19.4 Å². The van der Waals surface area contributed by atoms with E-state index in [1.807, 2.05) is 6.92 Å². The summed E-state index contributed by atoms with van der Waals surface area (Å²) in [4.78, 5) is 37.5. The van der Waals surface area contributed by atoms with Gasteiger partial charge in [0.2, 0.25) is 0 Å².